The summed E-state index contributed by atoms with van der Waals surface area (Å²) in [6.07, 6.45) is 2.08. The van der Waals surface area contributed by atoms with E-state index in [9.17, 15) is 4.79 Å². The molecule has 0 saturated carbocycles. The van der Waals surface area contributed by atoms with Crippen molar-refractivity contribution in [1.29, 1.82) is 0 Å². The third-order valence-corrected chi connectivity index (χ3v) is 3.03. The summed E-state index contributed by atoms with van der Waals surface area (Å²) in [5.74, 6) is 0.851. The maximum atomic E-state index is 11.8. The zero-order valence-electron chi connectivity index (χ0n) is 11.3. The highest BCUT2D eigenvalue weighted by molar-refractivity contribution is 5.78. The van der Waals surface area contributed by atoms with E-state index in [4.69, 9.17) is 4.74 Å². The van der Waals surface area contributed by atoms with Crippen LogP contribution in [0.5, 0.6) is 0 Å². The Kier molecular flexibility index (Phi) is 6.52. The summed E-state index contributed by atoms with van der Waals surface area (Å²) in [5.41, 5.74) is 0. The van der Waals surface area contributed by atoms with Crippen molar-refractivity contribution in [2.45, 2.75) is 39.7 Å². The number of piperidine rings is 1. The number of hydrogen-bond donors (Lipinski definition) is 2. The van der Waals surface area contributed by atoms with Gasteiger partial charge in [0, 0.05) is 25.7 Å². The van der Waals surface area contributed by atoms with Gasteiger partial charge in [-0.15, -0.1) is 0 Å². The van der Waals surface area contributed by atoms with E-state index in [0.29, 0.717) is 25.1 Å². The molecule has 4 nitrogen and oxygen atoms in total. The normalized spacial score (nSPS) is 24.9. The summed E-state index contributed by atoms with van der Waals surface area (Å²) >= 11 is 0. The molecule has 0 aliphatic carbocycles. The topological polar surface area (TPSA) is 50.4 Å². The van der Waals surface area contributed by atoms with Crippen molar-refractivity contribution >= 4 is 5.91 Å². The van der Waals surface area contributed by atoms with Gasteiger partial charge >= 0.3 is 0 Å². The minimum absolute atomic E-state index is 0.135. The van der Waals surface area contributed by atoms with Gasteiger partial charge < -0.3 is 15.4 Å². The van der Waals surface area contributed by atoms with Crippen LogP contribution in [0.2, 0.25) is 0 Å². The molecule has 0 radical (unpaired) electrons. The Labute approximate surface area is 104 Å². The number of carbonyl (C=O) groups is 1. The summed E-state index contributed by atoms with van der Waals surface area (Å²) in [6, 6.07) is 0.549. The smallest absolute Gasteiger partial charge is 0.224 e. The van der Waals surface area contributed by atoms with Gasteiger partial charge in [0.1, 0.15) is 0 Å². The van der Waals surface area contributed by atoms with Gasteiger partial charge in [-0.25, -0.2) is 0 Å². The zero-order chi connectivity index (χ0) is 12.7. The molecule has 1 aliphatic rings. The van der Waals surface area contributed by atoms with Crippen LogP contribution in [0.25, 0.3) is 0 Å². The molecule has 1 rings (SSSR count). The van der Waals surface area contributed by atoms with Gasteiger partial charge in [0.2, 0.25) is 5.91 Å². The highest BCUT2D eigenvalue weighted by Crippen LogP contribution is 2.13. The molecule has 4 heteroatoms. The largest absolute Gasteiger partial charge is 0.379 e. The van der Waals surface area contributed by atoms with Crippen molar-refractivity contribution in [3.05, 3.63) is 0 Å². The molecule has 1 heterocycles. The third kappa shape index (κ3) is 6.03. The van der Waals surface area contributed by atoms with E-state index in [2.05, 4.69) is 31.4 Å². The lowest BCUT2D eigenvalue weighted by Crippen LogP contribution is -2.44. The summed E-state index contributed by atoms with van der Waals surface area (Å²) in [6.45, 7) is 9.20. The Morgan fingerprint density at radius 2 is 2.24 bits per heavy atom. The van der Waals surface area contributed by atoms with Crippen molar-refractivity contribution in [1.82, 2.24) is 10.6 Å². The first-order valence-corrected chi connectivity index (χ1v) is 6.68. The second kappa shape index (κ2) is 7.67. The Morgan fingerprint density at radius 3 is 2.82 bits per heavy atom. The molecule has 2 N–H and O–H groups in total. The van der Waals surface area contributed by atoms with Gasteiger partial charge in [-0.1, -0.05) is 13.8 Å². The Morgan fingerprint density at radius 1 is 1.47 bits per heavy atom. The Balaban J connectivity index is 2.05. The summed E-state index contributed by atoms with van der Waals surface area (Å²) in [5, 5.41) is 6.27. The molecule has 0 aromatic heterocycles. The highest BCUT2D eigenvalue weighted by atomic mass is 16.5. The lowest BCUT2D eigenvalue weighted by molar-refractivity contribution is -0.125. The standard InChI is InChI=1S/C13H26N2O2/c1-10(2)9-17-7-6-14-13(16)12-5-4-11(3)15-8-12/h10-12,15H,4-9H2,1-3H3,(H,14,16). The minimum atomic E-state index is 0.135. The molecule has 1 saturated heterocycles. The average molecular weight is 242 g/mol. The number of nitrogens with one attached hydrogen (secondary N) is 2. The van der Waals surface area contributed by atoms with Crippen molar-refractivity contribution in [3.63, 3.8) is 0 Å². The number of carbonyl (C=O) groups excluding carboxylic acids is 1. The lowest BCUT2D eigenvalue weighted by atomic mass is 9.95. The summed E-state index contributed by atoms with van der Waals surface area (Å²) < 4.78 is 5.42. The minimum Gasteiger partial charge on any atom is -0.379 e. The number of ether oxygens (including phenoxy) is 1. The predicted molar refractivity (Wildman–Crippen MR) is 68.9 cm³/mol. The van der Waals surface area contributed by atoms with Crippen molar-refractivity contribution in [2.75, 3.05) is 26.3 Å². The molecule has 1 aliphatic heterocycles. The monoisotopic (exact) mass is 242 g/mol. The van der Waals surface area contributed by atoms with Crippen molar-refractivity contribution < 1.29 is 9.53 Å². The lowest BCUT2D eigenvalue weighted by Gasteiger charge is -2.26. The SMILES string of the molecule is CC(C)COCCNC(=O)C1CCC(C)NC1. The zero-order valence-corrected chi connectivity index (χ0v) is 11.3. The Hall–Kier alpha value is -0.610. The predicted octanol–water partition coefficient (Wildman–Crippen LogP) is 1.16. The number of hydrogen-bond acceptors (Lipinski definition) is 3. The van der Waals surface area contributed by atoms with Crippen LogP contribution in [0.1, 0.15) is 33.6 Å². The molecule has 0 aromatic rings. The maximum absolute atomic E-state index is 11.8. The van der Waals surface area contributed by atoms with Crippen LogP contribution in [-0.2, 0) is 9.53 Å². The van der Waals surface area contributed by atoms with E-state index >= 15 is 0 Å². The third-order valence-electron chi connectivity index (χ3n) is 3.03. The fraction of sp³-hybridized carbons (Fsp3) is 0.923. The van der Waals surface area contributed by atoms with Crippen LogP contribution < -0.4 is 10.6 Å². The molecular weight excluding hydrogens is 216 g/mol. The van der Waals surface area contributed by atoms with Gasteiger partial charge in [0.05, 0.1) is 12.5 Å². The van der Waals surface area contributed by atoms with Crippen LogP contribution in [0, 0.1) is 11.8 Å². The van der Waals surface area contributed by atoms with Crippen LogP contribution in [0.3, 0.4) is 0 Å². The van der Waals surface area contributed by atoms with E-state index in [-0.39, 0.29) is 11.8 Å². The first-order valence-electron chi connectivity index (χ1n) is 6.68. The van der Waals surface area contributed by atoms with Gasteiger partial charge in [-0.3, -0.25) is 4.79 Å². The van der Waals surface area contributed by atoms with Crippen molar-refractivity contribution in [3.8, 4) is 0 Å². The van der Waals surface area contributed by atoms with E-state index in [1.165, 1.54) is 0 Å². The molecule has 0 aromatic carbocycles. The average Bonchev–Trinajstić information content (AvgIpc) is 2.29. The van der Waals surface area contributed by atoms with Crippen LogP contribution >= 0.6 is 0 Å². The van der Waals surface area contributed by atoms with E-state index < -0.39 is 0 Å². The molecule has 0 bridgehead atoms. The molecule has 0 spiro atoms. The molecule has 100 valence electrons. The fourth-order valence-corrected chi connectivity index (χ4v) is 1.93. The Bertz CT molecular complexity index is 223. The summed E-state index contributed by atoms with van der Waals surface area (Å²) in [4.78, 5) is 11.8. The van der Waals surface area contributed by atoms with Gasteiger partial charge in [-0.2, -0.15) is 0 Å². The highest BCUT2D eigenvalue weighted by Gasteiger charge is 2.23. The molecule has 1 fully saturated rings. The van der Waals surface area contributed by atoms with Crippen LogP contribution in [-0.4, -0.2) is 38.3 Å². The van der Waals surface area contributed by atoms with E-state index in [1.54, 1.807) is 0 Å². The van der Waals surface area contributed by atoms with Gasteiger partial charge in [-0.05, 0) is 25.7 Å². The van der Waals surface area contributed by atoms with Gasteiger partial charge in [0.15, 0.2) is 0 Å². The number of rotatable bonds is 6. The quantitative estimate of drug-likeness (QED) is 0.687. The first-order chi connectivity index (χ1) is 8.09. The van der Waals surface area contributed by atoms with Crippen LogP contribution in [0.4, 0.5) is 0 Å². The van der Waals surface area contributed by atoms with E-state index in [0.717, 1.165) is 26.0 Å². The second-order valence-corrected chi connectivity index (χ2v) is 5.34. The molecule has 1 amide bonds. The molecule has 2 atom stereocenters. The van der Waals surface area contributed by atoms with Gasteiger partial charge in [0.25, 0.3) is 0 Å². The fourth-order valence-electron chi connectivity index (χ4n) is 1.93. The maximum Gasteiger partial charge on any atom is 0.224 e. The van der Waals surface area contributed by atoms with Crippen LogP contribution in [0.15, 0.2) is 0 Å². The molecule has 2 unspecified atom stereocenters. The summed E-state index contributed by atoms with van der Waals surface area (Å²) in [7, 11) is 0. The molecule has 17 heavy (non-hydrogen) atoms. The number of amides is 1. The molecular formula is C13H26N2O2. The second-order valence-electron chi connectivity index (χ2n) is 5.34. The first kappa shape index (κ1) is 14.5. The van der Waals surface area contributed by atoms with E-state index in [1.807, 2.05) is 0 Å². The van der Waals surface area contributed by atoms with Crippen molar-refractivity contribution in [2.24, 2.45) is 11.8 Å².